The van der Waals surface area contributed by atoms with Gasteiger partial charge >= 0.3 is 0 Å². The van der Waals surface area contributed by atoms with Gasteiger partial charge in [-0.1, -0.05) is 11.8 Å². The fraction of sp³-hybridized carbons (Fsp3) is 0.600. The van der Waals surface area contributed by atoms with Crippen LogP contribution in [0.1, 0.15) is 12.8 Å². The summed E-state index contributed by atoms with van der Waals surface area (Å²) < 4.78 is 0. The van der Waals surface area contributed by atoms with E-state index in [2.05, 4.69) is 29.1 Å². The minimum absolute atomic E-state index is 0.826. The molecule has 64 valence electrons. The van der Waals surface area contributed by atoms with E-state index in [1.807, 2.05) is 0 Å². The number of likely N-dealkylation sites (N-methyl/N-ethyl adjacent to an activating group) is 1. The third-order valence-electron chi connectivity index (χ3n) is 2.39. The molecule has 0 spiro atoms. The van der Waals surface area contributed by atoms with Crippen LogP contribution in [0.3, 0.4) is 0 Å². The zero-order valence-electron chi connectivity index (χ0n) is 7.48. The molecule has 2 heterocycles. The maximum absolute atomic E-state index is 3.36. The quantitative estimate of drug-likeness (QED) is 0.524. The number of nitrogens with one attached hydrogen (secondary N) is 1. The van der Waals surface area contributed by atoms with Crippen molar-refractivity contribution in [1.29, 1.82) is 0 Å². The summed E-state index contributed by atoms with van der Waals surface area (Å²) >= 11 is 0. The van der Waals surface area contributed by atoms with E-state index in [4.69, 9.17) is 0 Å². The molecule has 0 aromatic rings. The van der Waals surface area contributed by atoms with Gasteiger partial charge in [-0.3, -0.25) is 0 Å². The Morgan fingerprint density at radius 2 is 2.42 bits per heavy atom. The first kappa shape index (κ1) is 7.70. The summed E-state index contributed by atoms with van der Waals surface area (Å²) in [6, 6.07) is 0. The van der Waals surface area contributed by atoms with E-state index in [9.17, 15) is 0 Å². The maximum atomic E-state index is 3.36. The van der Waals surface area contributed by atoms with Crippen LogP contribution < -0.4 is 5.32 Å². The van der Waals surface area contributed by atoms with Crippen molar-refractivity contribution in [3.63, 3.8) is 0 Å². The fourth-order valence-electron chi connectivity index (χ4n) is 1.72. The highest BCUT2D eigenvalue weighted by atomic mass is 15.1. The van der Waals surface area contributed by atoms with E-state index in [1.54, 1.807) is 0 Å². The lowest BCUT2D eigenvalue weighted by molar-refractivity contribution is 0.360. The third kappa shape index (κ3) is 1.46. The minimum atomic E-state index is 0.826. The first-order valence-corrected chi connectivity index (χ1v) is 4.49. The Labute approximate surface area is 73.6 Å². The molecule has 0 saturated heterocycles. The summed E-state index contributed by atoms with van der Waals surface area (Å²) in [4.78, 5) is 2.35. The Morgan fingerprint density at radius 1 is 1.50 bits per heavy atom. The third-order valence-corrected chi connectivity index (χ3v) is 2.39. The standard InChI is InChI=1S/C10H14N2/c1-12-7-3-5-9-4-2-6-11-10(9)8-12/h11H,3,5-8H2,1H3. The normalized spacial score (nSPS) is 23.4. The molecule has 0 unspecified atom stereocenters. The fourth-order valence-corrected chi connectivity index (χ4v) is 1.72. The van der Waals surface area contributed by atoms with Crippen LogP contribution in [0.2, 0.25) is 0 Å². The van der Waals surface area contributed by atoms with Crippen molar-refractivity contribution >= 4 is 0 Å². The van der Waals surface area contributed by atoms with Crippen LogP contribution in [0.15, 0.2) is 11.3 Å². The molecule has 0 aromatic heterocycles. The average molecular weight is 162 g/mol. The van der Waals surface area contributed by atoms with Gasteiger partial charge in [-0.05, 0) is 26.4 Å². The van der Waals surface area contributed by atoms with Crippen LogP contribution in [0.25, 0.3) is 0 Å². The van der Waals surface area contributed by atoms with Gasteiger partial charge in [0.2, 0.25) is 0 Å². The molecular formula is C10H14N2. The summed E-state index contributed by atoms with van der Waals surface area (Å²) in [5.41, 5.74) is 2.69. The summed E-state index contributed by atoms with van der Waals surface area (Å²) in [5.74, 6) is 6.31. The molecule has 0 bridgehead atoms. The smallest absolute Gasteiger partial charge is 0.0767 e. The van der Waals surface area contributed by atoms with E-state index in [0.717, 1.165) is 19.5 Å². The van der Waals surface area contributed by atoms with Crippen molar-refractivity contribution < 1.29 is 0 Å². The summed E-state index contributed by atoms with van der Waals surface area (Å²) in [5, 5.41) is 3.36. The van der Waals surface area contributed by atoms with E-state index < -0.39 is 0 Å². The molecular weight excluding hydrogens is 148 g/mol. The Morgan fingerprint density at radius 3 is 3.33 bits per heavy atom. The molecule has 12 heavy (non-hydrogen) atoms. The minimum Gasteiger partial charge on any atom is -0.376 e. The van der Waals surface area contributed by atoms with Gasteiger partial charge in [0.1, 0.15) is 0 Å². The Kier molecular flexibility index (Phi) is 2.05. The van der Waals surface area contributed by atoms with E-state index >= 15 is 0 Å². The van der Waals surface area contributed by atoms with Crippen LogP contribution in [-0.2, 0) is 0 Å². The number of hydrogen-bond donors (Lipinski definition) is 1. The van der Waals surface area contributed by atoms with E-state index in [1.165, 1.54) is 24.2 Å². The summed E-state index contributed by atoms with van der Waals surface area (Å²) in [6.45, 7) is 3.06. The van der Waals surface area contributed by atoms with Crippen molar-refractivity contribution in [3.8, 4) is 11.8 Å². The van der Waals surface area contributed by atoms with Crippen LogP contribution in [0.5, 0.6) is 0 Å². The van der Waals surface area contributed by atoms with E-state index in [0.29, 0.717) is 0 Å². The molecule has 1 N–H and O–H groups in total. The molecule has 0 aliphatic carbocycles. The number of hydrogen-bond acceptors (Lipinski definition) is 2. The SMILES string of the molecule is CN1CCCC2=C(C1)NCC#C2. The molecule has 2 aliphatic rings. The van der Waals surface area contributed by atoms with Crippen molar-refractivity contribution in [2.45, 2.75) is 12.8 Å². The van der Waals surface area contributed by atoms with Gasteiger partial charge in [0.05, 0.1) is 6.54 Å². The topological polar surface area (TPSA) is 15.3 Å². The molecule has 0 atom stereocenters. The van der Waals surface area contributed by atoms with Gasteiger partial charge in [0.15, 0.2) is 0 Å². The predicted octanol–water partition coefficient (Wildman–Crippen LogP) is 0.573. The van der Waals surface area contributed by atoms with Gasteiger partial charge in [-0.2, -0.15) is 0 Å². The van der Waals surface area contributed by atoms with Gasteiger partial charge in [0, 0.05) is 17.8 Å². The Hall–Kier alpha value is -0.940. The van der Waals surface area contributed by atoms with Gasteiger partial charge < -0.3 is 10.2 Å². The number of allylic oxidation sites excluding steroid dienone is 1. The number of nitrogens with zero attached hydrogens (tertiary/aromatic N) is 1. The average Bonchev–Trinajstić information content (AvgIpc) is 2.25. The summed E-state index contributed by atoms with van der Waals surface area (Å²) in [6.07, 6.45) is 2.39. The highest BCUT2D eigenvalue weighted by molar-refractivity contribution is 5.38. The zero-order valence-corrected chi connectivity index (χ0v) is 7.48. The number of rotatable bonds is 0. The Balaban J connectivity index is 2.21. The lowest BCUT2D eigenvalue weighted by Gasteiger charge is -2.17. The lowest BCUT2D eigenvalue weighted by Crippen LogP contribution is -2.28. The first-order chi connectivity index (χ1) is 5.86. The van der Waals surface area contributed by atoms with Crippen molar-refractivity contribution in [2.24, 2.45) is 0 Å². The second-order valence-electron chi connectivity index (χ2n) is 3.45. The predicted molar refractivity (Wildman–Crippen MR) is 49.5 cm³/mol. The summed E-state index contributed by atoms with van der Waals surface area (Å²) in [7, 11) is 2.17. The second kappa shape index (κ2) is 3.20. The molecule has 0 aromatic carbocycles. The van der Waals surface area contributed by atoms with Gasteiger partial charge in [0.25, 0.3) is 0 Å². The van der Waals surface area contributed by atoms with Crippen molar-refractivity contribution in [2.75, 3.05) is 26.7 Å². The molecule has 2 heteroatoms. The first-order valence-electron chi connectivity index (χ1n) is 4.49. The highest BCUT2D eigenvalue weighted by Gasteiger charge is 2.13. The molecule has 2 aliphatic heterocycles. The molecule has 0 fully saturated rings. The van der Waals surface area contributed by atoms with Crippen molar-refractivity contribution in [3.05, 3.63) is 11.3 Å². The molecule has 0 saturated carbocycles. The van der Waals surface area contributed by atoms with E-state index in [-0.39, 0.29) is 0 Å². The highest BCUT2D eigenvalue weighted by Crippen LogP contribution is 2.15. The molecule has 0 radical (unpaired) electrons. The Bertz CT molecular complexity index is 267. The molecule has 2 rings (SSSR count). The maximum Gasteiger partial charge on any atom is 0.0767 e. The lowest BCUT2D eigenvalue weighted by atomic mass is 10.1. The van der Waals surface area contributed by atoms with Gasteiger partial charge in [-0.15, -0.1) is 0 Å². The van der Waals surface area contributed by atoms with Gasteiger partial charge in [-0.25, -0.2) is 0 Å². The van der Waals surface area contributed by atoms with Crippen molar-refractivity contribution in [1.82, 2.24) is 10.2 Å². The zero-order chi connectivity index (χ0) is 8.39. The molecule has 2 nitrogen and oxygen atoms in total. The van der Waals surface area contributed by atoms with Crippen LogP contribution in [0.4, 0.5) is 0 Å². The van der Waals surface area contributed by atoms with Crippen LogP contribution in [0, 0.1) is 11.8 Å². The largest absolute Gasteiger partial charge is 0.376 e. The molecule has 0 amide bonds. The van der Waals surface area contributed by atoms with Crippen LogP contribution in [-0.4, -0.2) is 31.6 Å². The second-order valence-corrected chi connectivity index (χ2v) is 3.45. The monoisotopic (exact) mass is 162 g/mol. The van der Waals surface area contributed by atoms with Crippen LogP contribution >= 0.6 is 0 Å².